The SMILES string of the molecule is Cc1ccc(-c2cc(C(=O)N(C)Cc3ccccc3)c3c(C)nn(C4CCS(=O)(=O)C4)c3n2)cc1. The Balaban J connectivity index is 1.65. The predicted octanol–water partition coefficient (Wildman–Crippen LogP) is 4.35. The van der Waals surface area contributed by atoms with Crippen LogP contribution < -0.4 is 0 Å². The van der Waals surface area contributed by atoms with Crippen molar-refractivity contribution in [2.24, 2.45) is 0 Å². The van der Waals surface area contributed by atoms with Gasteiger partial charge in [0, 0.05) is 19.2 Å². The molecule has 1 amide bonds. The first-order valence-electron chi connectivity index (χ1n) is 11.7. The van der Waals surface area contributed by atoms with Crippen LogP contribution in [0.2, 0.25) is 0 Å². The topological polar surface area (TPSA) is 85.2 Å². The van der Waals surface area contributed by atoms with Crippen molar-refractivity contribution in [3.05, 3.63) is 83.0 Å². The maximum Gasteiger partial charge on any atom is 0.254 e. The average molecular weight is 489 g/mol. The van der Waals surface area contributed by atoms with E-state index in [-0.39, 0.29) is 23.5 Å². The van der Waals surface area contributed by atoms with Gasteiger partial charge in [-0.05, 0) is 31.9 Å². The standard InChI is InChI=1S/C27H28N4O3S/c1-18-9-11-21(12-10-18)24-15-23(27(32)30(3)16-20-7-5-4-6-8-20)25-19(2)29-31(26(25)28-24)22-13-14-35(33,34)17-22/h4-12,15,22H,13-14,16-17H2,1-3H3. The smallest absolute Gasteiger partial charge is 0.254 e. The van der Waals surface area contributed by atoms with Crippen molar-refractivity contribution in [2.75, 3.05) is 18.6 Å². The van der Waals surface area contributed by atoms with Crippen LogP contribution >= 0.6 is 0 Å². The number of sulfone groups is 1. The number of nitrogens with zero attached hydrogens (tertiary/aromatic N) is 4. The molecule has 1 fully saturated rings. The zero-order valence-electron chi connectivity index (χ0n) is 20.1. The molecule has 2 aromatic carbocycles. The Kier molecular flexibility index (Phi) is 5.92. The Hall–Kier alpha value is -3.52. The Labute approximate surface area is 205 Å². The third kappa shape index (κ3) is 4.58. The number of amides is 1. The minimum Gasteiger partial charge on any atom is -0.337 e. The lowest BCUT2D eigenvalue weighted by Gasteiger charge is -2.19. The van der Waals surface area contributed by atoms with Crippen LogP contribution in [0.15, 0.2) is 60.7 Å². The van der Waals surface area contributed by atoms with Crippen molar-refractivity contribution in [1.82, 2.24) is 19.7 Å². The Morgan fingerprint density at radius 3 is 2.46 bits per heavy atom. The molecule has 2 aromatic heterocycles. The van der Waals surface area contributed by atoms with E-state index in [9.17, 15) is 13.2 Å². The highest BCUT2D eigenvalue weighted by Gasteiger charge is 2.32. The van der Waals surface area contributed by atoms with Gasteiger partial charge in [0.05, 0.1) is 39.9 Å². The van der Waals surface area contributed by atoms with Crippen molar-refractivity contribution in [1.29, 1.82) is 0 Å². The number of aromatic nitrogens is 3. The highest BCUT2D eigenvalue weighted by molar-refractivity contribution is 7.91. The molecule has 0 N–H and O–H groups in total. The van der Waals surface area contributed by atoms with Gasteiger partial charge in [-0.1, -0.05) is 60.2 Å². The van der Waals surface area contributed by atoms with E-state index >= 15 is 0 Å². The lowest BCUT2D eigenvalue weighted by molar-refractivity contribution is 0.0787. The number of rotatable bonds is 5. The van der Waals surface area contributed by atoms with Crippen LogP contribution in [0.25, 0.3) is 22.3 Å². The van der Waals surface area contributed by atoms with Crippen molar-refractivity contribution >= 4 is 26.8 Å². The third-order valence-corrected chi connectivity index (χ3v) is 8.33. The molecule has 0 spiro atoms. The fourth-order valence-electron chi connectivity index (χ4n) is 4.71. The number of hydrogen-bond donors (Lipinski definition) is 0. The van der Waals surface area contributed by atoms with Crippen LogP contribution in [0.4, 0.5) is 0 Å². The van der Waals surface area contributed by atoms with E-state index < -0.39 is 9.84 Å². The summed E-state index contributed by atoms with van der Waals surface area (Å²) in [4.78, 5) is 20.4. The highest BCUT2D eigenvalue weighted by Crippen LogP contribution is 2.32. The average Bonchev–Trinajstić information content (AvgIpc) is 3.37. The van der Waals surface area contributed by atoms with Crippen molar-refractivity contribution in [3.63, 3.8) is 0 Å². The molecule has 7 nitrogen and oxygen atoms in total. The number of benzene rings is 2. The summed E-state index contributed by atoms with van der Waals surface area (Å²) in [6, 6.07) is 19.4. The molecule has 0 bridgehead atoms. The molecule has 0 saturated carbocycles. The highest BCUT2D eigenvalue weighted by atomic mass is 32.2. The van der Waals surface area contributed by atoms with Gasteiger partial charge >= 0.3 is 0 Å². The van der Waals surface area contributed by atoms with Crippen LogP contribution in [0.1, 0.15) is 39.6 Å². The second kappa shape index (κ2) is 8.92. The van der Waals surface area contributed by atoms with Gasteiger partial charge in [0.15, 0.2) is 15.5 Å². The molecule has 0 radical (unpaired) electrons. The molecule has 1 saturated heterocycles. The monoisotopic (exact) mass is 488 g/mol. The summed E-state index contributed by atoms with van der Waals surface area (Å²) in [6.45, 7) is 4.34. The summed E-state index contributed by atoms with van der Waals surface area (Å²) >= 11 is 0. The summed E-state index contributed by atoms with van der Waals surface area (Å²) < 4.78 is 26.1. The fraction of sp³-hybridized carbons (Fsp3) is 0.296. The van der Waals surface area contributed by atoms with Crippen molar-refractivity contribution < 1.29 is 13.2 Å². The molecular weight excluding hydrogens is 460 g/mol. The maximum atomic E-state index is 13.8. The van der Waals surface area contributed by atoms with Gasteiger partial charge in [0.1, 0.15) is 0 Å². The quantitative estimate of drug-likeness (QED) is 0.417. The van der Waals surface area contributed by atoms with Gasteiger partial charge in [-0.3, -0.25) is 4.79 Å². The lowest BCUT2D eigenvalue weighted by Crippen LogP contribution is -2.26. The molecule has 5 rings (SSSR count). The van der Waals surface area contributed by atoms with Crippen LogP contribution in [0.3, 0.4) is 0 Å². The number of pyridine rings is 1. The van der Waals surface area contributed by atoms with E-state index in [1.54, 1.807) is 16.6 Å². The molecule has 4 aromatic rings. The molecule has 0 aliphatic carbocycles. The van der Waals surface area contributed by atoms with Crippen LogP contribution in [-0.2, 0) is 16.4 Å². The van der Waals surface area contributed by atoms with E-state index in [1.165, 1.54) is 0 Å². The molecule has 3 heterocycles. The minimum absolute atomic E-state index is 0.0385. The first-order valence-corrected chi connectivity index (χ1v) is 13.5. The summed E-state index contributed by atoms with van der Waals surface area (Å²) in [7, 11) is -1.32. The van der Waals surface area contributed by atoms with Gasteiger partial charge in [0.25, 0.3) is 5.91 Å². The molecule has 35 heavy (non-hydrogen) atoms. The molecule has 180 valence electrons. The second-order valence-corrected chi connectivity index (χ2v) is 11.6. The number of carbonyl (C=O) groups excluding carboxylic acids is 1. The Morgan fingerprint density at radius 1 is 1.09 bits per heavy atom. The van der Waals surface area contributed by atoms with E-state index in [2.05, 4.69) is 0 Å². The van der Waals surface area contributed by atoms with Gasteiger partial charge in [0.2, 0.25) is 0 Å². The largest absolute Gasteiger partial charge is 0.337 e. The Morgan fingerprint density at radius 2 is 1.80 bits per heavy atom. The van der Waals surface area contributed by atoms with E-state index in [0.29, 0.717) is 41.0 Å². The minimum atomic E-state index is -3.11. The van der Waals surface area contributed by atoms with Crippen LogP contribution in [0, 0.1) is 13.8 Å². The zero-order chi connectivity index (χ0) is 24.7. The molecule has 1 aliphatic heterocycles. The van der Waals surface area contributed by atoms with Crippen molar-refractivity contribution in [3.8, 4) is 11.3 Å². The van der Waals surface area contributed by atoms with E-state index in [0.717, 1.165) is 16.7 Å². The van der Waals surface area contributed by atoms with Gasteiger partial charge in [-0.15, -0.1) is 0 Å². The van der Waals surface area contributed by atoms with Crippen LogP contribution in [-0.4, -0.2) is 52.5 Å². The lowest BCUT2D eigenvalue weighted by atomic mass is 10.0. The summed E-state index contributed by atoms with van der Waals surface area (Å²) in [5, 5.41) is 5.37. The third-order valence-electron chi connectivity index (χ3n) is 6.58. The Bertz CT molecular complexity index is 1510. The first-order chi connectivity index (χ1) is 16.7. The fourth-order valence-corrected chi connectivity index (χ4v) is 6.40. The second-order valence-electron chi connectivity index (χ2n) is 9.35. The molecule has 8 heteroatoms. The predicted molar refractivity (Wildman–Crippen MR) is 137 cm³/mol. The van der Waals surface area contributed by atoms with Gasteiger partial charge < -0.3 is 4.90 Å². The number of fused-ring (bicyclic) bond motifs is 1. The summed E-state index contributed by atoms with van der Waals surface area (Å²) in [5.41, 5.74) is 5.47. The molecule has 1 atom stereocenters. The summed E-state index contributed by atoms with van der Waals surface area (Å²) in [6.07, 6.45) is 0.492. The van der Waals surface area contributed by atoms with Gasteiger partial charge in [-0.25, -0.2) is 18.1 Å². The van der Waals surface area contributed by atoms with E-state index in [4.69, 9.17) is 10.1 Å². The normalized spacial score (nSPS) is 17.1. The molecular formula is C27H28N4O3S. The van der Waals surface area contributed by atoms with Crippen LogP contribution in [0.5, 0.6) is 0 Å². The number of hydrogen-bond acceptors (Lipinski definition) is 5. The van der Waals surface area contributed by atoms with Gasteiger partial charge in [-0.2, -0.15) is 5.10 Å². The molecule has 1 unspecified atom stereocenters. The first kappa shape index (κ1) is 23.2. The van der Waals surface area contributed by atoms with E-state index in [1.807, 2.05) is 74.5 Å². The maximum absolute atomic E-state index is 13.8. The zero-order valence-corrected chi connectivity index (χ0v) is 20.9. The number of carbonyl (C=O) groups is 1. The summed E-state index contributed by atoms with van der Waals surface area (Å²) in [5.74, 6) is 0.0503. The molecule has 1 aliphatic rings. The number of aryl methyl sites for hydroxylation is 2. The van der Waals surface area contributed by atoms with Crippen molar-refractivity contribution in [2.45, 2.75) is 32.9 Å².